The van der Waals surface area contributed by atoms with Gasteiger partial charge in [0, 0.05) is 17.4 Å². The fourth-order valence-electron chi connectivity index (χ4n) is 0.145. The molecular formula is C2H7CrN5. The van der Waals surface area contributed by atoms with Crippen molar-refractivity contribution in [2.45, 2.75) is 0 Å². The standard InChI is InChI=1S/C2H7N5.Cr/c3-1(4)7-2(5)6;/h(H7,3,4,5,6,7);. The largest absolute Gasteiger partial charge is 0.370 e. The fraction of sp³-hybridized carbons (Fsp3) is 0. The summed E-state index contributed by atoms with van der Waals surface area (Å²) in [4.78, 5) is 0. The summed E-state index contributed by atoms with van der Waals surface area (Å²) < 4.78 is 0. The maximum absolute atomic E-state index is 6.47. The Morgan fingerprint density at radius 3 is 1.38 bits per heavy atom. The molecule has 46 valence electrons. The first-order valence-electron chi connectivity index (χ1n) is 1.58. The summed E-state index contributed by atoms with van der Waals surface area (Å²) in [6.07, 6.45) is 0. The second-order valence-electron chi connectivity index (χ2n) is 0.952. The number of rotatable bonds is 0. The molecule has 0 aromatic heterocycles. The van der Waals surface area contributed by atoms with E-state index in [9.17, 15) is 0 Å². The van der Waals surface area contributed by atoms with E-state index in [0.29, 0.717) is 0 Å². The monoisotopic (exact) mass is 153 g/mol. The van der Waals surface area contributed by atoms with Crippen molar-refractivity contribution in [1.29, 1.82) is 10.8 Å². The summed E-state index contributed by atoms with van der Waals surface area (Å²) in [5.41, 5.74) is 9.49. The molecule has 5 nitrogen and oxygen atoms in total. The van der Waals surface area contributed by atoms with E-state index in [1.165, 1.54) is 0 Å². The molecule has 0 heterocycles. The fourth-order valence-corrected chi connectivity index (χ4v) is 0.145. The van der Waals surface area contributed by atoms with Gasteiger partial charge in [-0.1, -0.05) is 0 Å². The van der Waals surface area contributed by atoms with E-state index in [-0.39, 0.29) is 29.3 Å². The first-order valence-corrected chi connectivity index (χ1v) is 1.58. The molecule has 6 heteroatoms. The molecule has 0 unspecified atom stereocenters. The molecular weight excluding hydrogens is 146 g/mol. The van der Waals surface area contributed by atoms with Gasteiger partial charge >= 0.3 is 0 Å². The van der Waals surface area contributed by atoms with Gasteiger partial charge in [-0.05, 0) is 0 Å². The molecule has 7 N–H and O–H groups in total. The van der Waals surface area contributed by atoms with Gasteiger partial charge in [0.15, 0.2) is 11.9 Å². The Morgan fingerprint density at radius 2 is 1.38 bits per heavy atom. The Hall–Kier alpha value is -0.728. The van der Waals surface area contributed by atoms with Crippen LogP contribution in [0.5, 0.6) is 0 Å². The van der Waals surface area contributed by atoms with Crippen LogP contribution in [0, 0.1) is 10.8 Å². The molecule has 0 rings (SSSR count). The van der Waals surface area contributed by atoms with Crippen molar-refractivity contribution >= 4 is 11.9 Å². The Labute approximate surface area is 57.6 Å². The van der Waals surface area contributed by atoms with E-state index >= 15 is 0 Å². The van der Waals surface area contributed by atoms with E-state index in [2.05, 4.69) is 0 Å². The SMILES string of the molecule is N=C(N)NC(=N)N.[Cr]. The van der Waals surface area contributed by atoms with Gasteiger partial charge in [-0.2, -0.15) is 0 Å². The Balaban J connectivity index is 0. The third-order valence-electron chi connectivity index (χ3n) is 0.269. The Bertz CT molecular complexity index is 86.6. The van der Waals surface area contributed by atoms with Gasteiger partial charge in [-0.3, -0.25) is 16.1 Å². The van der Waals surface area contributed by atoms with Crippen molar-refractivity contribution in [2.24, 2.45) is 11.5 Å². The van der Waals surface area contributed by atoms with Crippen LogP contribution in [0.3, 0.4) is 0 Å². The van der Waals surface area contributed by atoms with Crippen LogP contribution in [0.15, 0.2) is 0 Å². The molecule has 0 fully saturated rings. The topological polar surface area (TPSA) is 112 Å². The van der Waals surface area contributed by atoms with Gasteiger partial charge in [-0.25, -0.2) is 0 Å². The predicted octanol–water partition coefficient (Wildman–Crippen LogP) is -1.64. The molecule has 0 amide bonds. The van der Waals surface area contributed by atoms with Gasteiger partial charge in [0.2, 0.25) is 0 Å². The molecule has 0 aliphatic heterocycles. The zero-order chi connectivity index (χ0) is 5.86. The third kappa shape index (κ3) is 8.99. The van der Waals surface area contributed by atoms with E-state index in [1.807, 2.05) is 5.32 Å². The minimum absolute atomic E-state index is 0. The van der Waals surface area contributed by atoms with Crippen LogP contribution in [-0.2, 0) is 17.4 Å². The van der Waals surface area contributed by atoms with Crippen molar-refractivity contribution in [3.63, 3.8) is 0 Å². The van der Waals surface area contributed by atoms with Crippen molar-refractivity contribution in [1.82, 2.24) is 5.32 Å². The van der Waals surface area contributed by atoms with Crippen LogP contribution in [0.4, 0.5) is 0 Å². The molecule has 0 saturated heterocycles. The molecule has 0 spiro atoms. The van der Waals surface area contributed by atoms with Crippen LogP contribution in [0.1, 0.15) is 0 Å². The van der Waals surface area contributed by atoms with Crippen molar-refractivity contribution in [3.05, 3.63) is 0 Å². The van der Waals surface area contributed by atoms with Gasteiger partial charge < -0.3 is 11.5 Å². The zero-order valence-electron chi connectivity index (χ0n) is 4.06. The summed E-state index contributed by atoms with van der Waals surface area (Å²) >= 11 is 0. The normalized spacial score (nSPS) is 6.50. The Kier molecular flexibility index (Phi) is 5.70. The van der Waals surface area contributed by atoms with E-state index in [4.69, 9.17) is 22.3 Å². The number of guanidine groups is 2. The molecule has 0 aliphatic carbocycles. The maximum atomic E-state index is 6.47. The maximum Gasteiger partial charge on any atom is 0.192 e. The van der Waals surface area contributed by atoms with Crippen molar-refractivity contribution < 1.29 is 17.4 Å². The first kappa shape index (κ1) is 10.3. The van der Waals surface area contributed by atoms with Gasteiger partial charge in [0.25, 0.3) is 0 Å². The second-order valence-corrected chi connectivity index (χ2v) is 0.952. The van der Waals surface area contributed by atoms with Crippen LogP contribution in [0.2, 0.25) is 0 Å². The molecule has 0 aromatic rings. The third-order valence-corrected chi connectivity index (χ3v) is 0.269. The summed E-state index contributed by atoms with van der Waals surface area (Å²) in [6.45, 7) is 0. The summed E-state index contributed by atoms with van der Waals surface area (Å²) in [7, 11) is 0. The van der Waals surface area contributed by atoms with Crippen LogP contribution >= 0.6 is 0 Å². The number of hydrogen-bond acceptors (Lipinski definition) is 2. The summed E-state index contributed by atoms with van der Waals surface area (Å²) in [5, 5.41) is 15.0. The smallest absolute Gasteiger partial charge is 0.192 e. The van der Waals surface area contributed by atoms with Crippen LogP contribution in [-0.4, -0.2) is 11.9 Å². The van der Waals surface area contributed by atoms with E-state index in [1.54, 1.807) is 0 Å². The first-order chi connectivity index (χ1) is 3.13. The van der Waals surface area contributed by atoms with Gasteiger partial charge in [0.05, 0.1) is 0 Å². The quantitative estimate of drug-likeness (QED) is 0.212. The molecule has 8 heavy (non-hydrogen) atoms. The predicted molar refractivity (Wildman–Crippen MR) is 27.0 cm³/mol. The molecule has 0 bridgehead atoms. The molecule has 0 atom stereocenters. The van der Waals surface area contributed by atoms with Crippen LogP contribution in [0.25, 0.3) is 0 Å². The van der Waals surface area contributed by atoms with Crippen LogP contribution < -0.4 is 16.8 Å². The average Bonchev–Trinajstić information content (AvgIpc) is 1.27. The minimum atomic E-state index is -0.312. The Morgan fingerprint density at radius 1 is 1.12 bits per heavy atom. The minimum Gasteiger partial charge on any atom is -0.370 e. The van der Waals surface area contributed by atoms with E-state index in [0.717, 1.165) is 0 Å². The van der Waals surface area contributed by atoms with E-state index < -0.39 is 0 Å². The number of nitrogens with one attached hydrogen (secondary N) is 3. The van der Waals surface area contributed by atoms with Crippen molar-refractivity contribution in [2.75, 3.05) is 0 Å². The molecule has 0 aliphatic rings. The average molecular weight is 153 g/mol. The van der Waals surface area contributed by atoms with Crippen molar-refractivity contribution in [3.8, 4) is 0 Å². The summed E-state index contributed by atoms with van der Waals surface area (Å²) in [6, 6.07) is 0. The number of nitrogens with two attached hydrogens (primary N) is 2. The van der Waals surface area contributed by atoms with Gasteiger partial charge in [0.1, 0.15) is 0 Å². The second kappa shape index (κ2) is 4.43. The van der Waals surface area contributed by atoms with Gasteiger partial charge in [-0.15, -0.1) is 0 Å². The molecule has 0 aromatic carbocycles. The zero-order valence-corrected chi connectivity index (χ0v) is 5.34. The molecule has 0 saturated carbocycles. The number of hydrogen-bond donors (Lipinski definition) is 5. The molecule has 0 radical (unpaired) electrons. The summed E-state index contributed by atoms with van der Waals surface area (Å²) in [5.74, 6) is -0.625.